The molecule has 0 N–H and O–H groups in total. The van der Waals surface area contributed by atoms with Crippen LogP contribution in [0.2, 0.25) is 0 Å². The zero-order valence-corrected chi connectivity index (χ0v) is 25.7. The van der Waals surface area contributed by atoms with Gasteiger partial charge in [0.2, 0.25) is 0 Å². The van der Waals surface area contributed by atoms with Crippen molar-refractivity contribution in [2.24, 2.45) is 0 Å². The summed E-state index contributed by atoms with van der Waals surface area (Å²) in [5.41, 5.74) is 12.1. The molecule has 1 aliphatic heterocycles. The summed E-state index contributed by atoms with van der Waals surface area (Å²) in [4.78, 5) is 0. The van der Waals surface area contributed by atoms with Crippen LogP contribution >= 0.6 is 0 Å². The normalized spacial score (nSPS) is 13.9. The summed E-state index contributed by atoms with van der Waals surface area (Å²) in [6, 6.07) is 61.7. The highest BCUT2D eigenvalue weighted by molar-refractivity contribution is 7.22. The van der Waals surface area contributed by atoms with Gasteiger partial charge in [0.25, 0.3) is 0 Å². The number of para-hydroxylation sites is 1. The number of fused-ring (bicyclic) bond motifs is 9. The van der Waals surface area contributed by atoms with Gasteiger partial charge in [-0.25, -0.2) is 0 Å². The van der Waals surface area contributed by atoms with E-state index in [1.165, 1.54) is 81.6 Å². The van der Waals surface area contributed by atoms with Crippen molar-refractivity contribution >= 4 is 50.6 Å². The quantitative estimate of drug-likeness (QED) is 0.187. The van der Waals surface area contributed by atoms with Gasteiger partial charge in [-0.05, 0) is 90.9 Å². The molecule has 2 heterocycles. The van der Waals surface area contributed by atoms with E-state index in [0.29, 0.717) is 0 Å². The Balaban J connectivity index is 1.34. The molecule has 45 heavy (non-hydrogen) atoms. The third-order valence-electron chi connectivity index (χ3n) is 10.3. The SMILES string of the molecule is c1ccc(-n2c3ccc([Si]4(c5ccccc5)c5ccccc5-c5ccccc54)cc3c3cc4c(cc32)Cc2ccccc2-4)cc1. The lowest BCUT2D eigenvalue weighted by Gasteiger charge is -2.31. The Kier molecular flexibility index (Phi) is 5.14. The number of benzene rings is 7. The van der Waals surface area contributed by atoms with Gasteiger partial charge in [-0.2, -0.15) is 0 Å². The predicted molar refractivity (Wildman–Crippen MR) is 192 cm³/mol. The number of aromatic nitrogens is 1. The summed E-state index contributed by atoms with van der Waals surface area (Å²) < 4.78 is 2.48. The van der Waals surface area contributed by atoms with Gasteiger partial charge in [0.1, 0.15) is 0 Å². The van der Waals surface area contributed by atoms with Crippen molar-refractivity contribution in [2.75, 3.05) is 0 Å². The van der Waals surface area contributed by atoms with E-state index in [2.05, 4.69) is 168 Å². The molecule has 1 aromatic heterocycles. The summed E-state index contributed by atoms with van der Waals surface area (Å²) in [5, 5.41) is 8.48. The van der Waals surface area contributed by atoms with Crippen LogP contribution in [0.1, 0.15) is 11.1 Å². The van der Waals surface area contributed by atoms with E-state index in [0.717, 1.165) is 6.42 Å². The molecule has 0 saturated carbocycles. The van der Waals surface area contributed by atoms with Crippen molar-refractivity contribution in [3.05, 3.63) is 175 Å². The Morgan fingerprint density at radius 1 is 0.400 bits per heavy atom. The third-order valence-corrected chi connectivity index (χ3v) is 15.1. The van der Waals surface area contributed by atoms with Gasteiger partial charge in [-0.3, -0.25) is 0 Å². The highest BCUT2D eigenvalue weighted by Crippen LogP contribution is 2.42. The first-order valence-corrected chi connectivity index (χ1v) is 17.8. The molecule has 1 aliphatic carbocycles. The van der Waals surface area contributed by atoms with E-state index in [1.807, 2.05) is 0 Å². The molecule has 0 spiro atoms. The Hall–Kier alpha value is -5.44. The molecule has 0 saturated heterocycles. The predicted octanol–water partition coefficient (Wildman–Crippen LogP) is 7.71. The van der Waals surface area contributed by atoms with Crippen LogP contribution in [0, 0.1) is 0 Å². The van der Waals surface area contributed by atoms with E-state index in [-0.39, 0.29) is 0 Å². The summed E-state index contributed by atoms with van der Waals surface area (Å²) >= 11 is 0. The van der Waals surface area contributed by atoms with Crippen LogP contribution in [-0.4, -0.2) is 12.6 Å². The van der Waals surface area contributed by atoms with Gasteiger partial charge in [0.05, 0.1) is 11.0 Å². The molecule has 0 fully saturated rings. The Morgan fingerprint density at radius 2 is 1.00 bits per heavy atom. The molecule has 210 valence electrons. The maximum absolute atomic E-state index is 2.59. The van der Waals surface area contributed by atoms with E-state index >= 15 is 0 Å². The average Bonchev–Trinajstić information content (AvgIpc) is 3.74. The lowest BCUT2D eigenvalue weighted by molar-refractivity contribution is 1.17. The fourth-order valence-electron chi connectivity index (χ4n) is 8.45. The van der Waals surface area contributed by atoms with Crippen LogP contribution in [0.15, 0.2) is 164 Å². The lowest BCUT2D eigenvalue weighted by Crippen LogP contribution is -2.72. The van der Waals surface area contributed by atoms with E-state index in [9.17, 15) is 0 Å². The fraction of sp³-hybridized carbons (Fsp3) is 0.0233. The first-order chi connectivity index (χ1) is 22.3. The van der Waals surface area contributed by atoms with Gasteiger partial charge >= 0.3 is 0 Å². The third kappa shape index (κ3) is 3.32. The summed E-state index contributed by atoms with van der Waals surface area (Å²) in [5.74, 6) is 0. The van der Waals surface area contributed by atoms with E-state index in [4.69, 9.17) is 0 Å². The molecule has 10 rings (SSSR count). The second kappa shape index (κ2) is 9.28. The van der Waals surface area contributed by atoms with Crippen LogP contribution in [-0.2, 0) is 6.42 Å². The Bertz CT molecular complexity index is 2410. The number of hydrogen-bond donors (Lipinski definition) is 0. The van der Waals surface area contributed by atoms with Gasteiger partial charge in [0.15, 0.2) is 8.07 Å². The first-order valence-electron chi connectivity index (χ1n) is 15.8. The van der Waals surface area contributed by atoms with Crippen molar-refractivity contribution < 1.29 is 0 Å². The van der Waals surface area contributed by atoms with Crippen molar-refractivity contribution in [3.63, 3.8) is 0 Å². The summed E-state index contributed by atoms with van der Waals surface area (Å²) in [6.45, 7) is 0. The van der Waals surface area contributed by atoms with Crippen LogP contribution in [0.25, 0.3) is 49.7 Å². The molecule has 8 aromatic rings. The maximum atomic E-state index is 2.56. The molecule has 2 heteroatoms. The lowest BCUT2D eigenvalue weighted by atomic mass is 10.0. The number of rotatable bonds is 3. The molecule has 0 atom stereocenters. The average molecular weight is 588 g/mol. The van der Waals surface area contributed by atoms with Gasteiger partial charge in [0, 0.05) is 16.5 Å². The molecule has 1 nitrogen and oxygen atoms in total. The maximum Gasteiger partial charge on any atom is 0.180 e. The molecule has 7 aromatic carbocycles. The van der Waals surface area contributed by atoms with Crippen molar-refractivity contribution in [3.8, 4) is 27.9 Å². The minimum absolute atomic E-state index is 0.987. The second-order valence-corrected chi connectivity index (χ2v) is 16.2. The van der Waals surface area contributed by atoms with Gasteiger partial charge < -0.3 is 4.57 Å². The molecule has 2 aliphatic rings. The highest BCUT2D eigenvalue weighted by Gasteiger charge is 2.48. The molecule has 0 radical (unpaired) electrons. The Labute approximate surface area is 263 Å². The topological polar surface area (TPSA) is 4.93 Å². The van der Waals surface area contributed by atoms with Crippen LogP contribution in [0.3, 0.4) is 0 Å². The van der Waals surface area contributed by atoms with Gasteiger partial charge in [-0.15, -0.1) is 0 Å². The number of nitrogens with zero attached hydrogens (tertiary/aromatic N) is 1. The van der Waals surface area contributed by atoms with Crippen molar-refractivity contribution in [2.45, 2.75) is 6.42 Å². The minimum atomic E-state index is -2.59. The van der Waals surface area contributed by atoms with Crippen molar-refractivity contribution in [1.82, 2.24) is 4.57 Å². The van der Waals surface area contributed by atoms with Crippen molar-refractivity contribution in [1.29, 1.82) is 0 Å². The van der Waals surface area contributed by atoms with Crippen LogP contribution in [0.5, 0.6) is 0 Å². The fourth-order valence-corrected chi connectivity index (χ4v) is 13.6. The highest BCUT2D eigenvalue weighted by atomic mass is 28.3. The smallest absolute Gasteiger partial charge is 0.180 e. The standard InChI is InChI=1S/C43H29NSi/c1-3-14-31(15-4-1)44-40-24-23-33(27-38(40)39-28-37-30(26-41(39)44)25-29-13-7-8-18-34(29)37)45(32-16-5-2-6-17-32)42-21-11-9-19-35(42)36-20-10-12-22-43(36)45/h1-24,26-28H,25H2. The summed E-state index contributed by atoms with van der Waals surface area (Å²) in [7, 11) is -2.59. The molecule has 0 bridgehead atoms. The largest absolute Gasteiger partial charge is 0.309 e. The molecular formula is C43H29NSi. The van der Waals surface area contributed by atoms with Crippen LogP contribution in [0.4, 0.5) is 0 Å². The monoisotopic (exact) mass is 587 g/mol. The molecule has 0 unspecified atom stereocenters. The summed E-state index contributed by atoms with van der Waals surface area (Å²) in [6.07, 6.45) is 0.987. The molecule has 0 amide bonds. The zero-order valence-electron chi connectivity index (χ0n) is 24.7. The van der Waals surface area contributed by atoms with Gasteiger partial charge in [-0.1, -0.05) is 133 Å². The molecular weight excluding hydrogens is 559 g/mol. The second-order valence-electron chi connectivity index (χ2n) is 12.5. The van der Waals surface area contributed by atoms with E-state index in [1.54, 1.807) is 0 Å². The minimum Gasteiger partial charge on any atom is -0.309 e. The van der Waals surface area contributed by atoms with E-state index < -0.39 is 8.07 Å². The Morgan fingerprint density at radius 3 is 1.73 bits per heavy atom. The number of hydrogen-bond acceptors (Lipinski definition) is 0. The zero-order chi connectivity index (χ0) is 29.5. The van der Waals surface area contributed by atoms with Crippen LogP contribution < -0.4 is 20.7 Å². The first kappa shape index (κ1) is 24.9.